The summed E-state index contributed by atoms with van der Waals surface area (Å²) in [5.74, 6) is 1.72. The lowest BCUT2D eigenvalue weighted by molar-refractivity contribution is 0.414. The molecule has 0 aliphatic heterocycles. The van der Waals surface area contributed by atoms with Crippen LogP contribution in [-0.2, 0) is 10.0 Å². The molecular formula is C21H21N3O4S. The first-order valence-corrected chi connectivity index (χ1v) is 10.2. The summed E-state index contributed by atoms with van der Waals surface area (Å²) in [6.07, 6.45) is 0. The highest BCUT2D eigenvalue weighted by molar-refractivity contribution is 7.89. The van der Waals surface area contributed by atoms with Gasteiger partial charge in [0, 0.05) is 5.56 Å². The molecule has 0 fully saturated rings. The summed E-state index contributed by atoms with van der Waals surface area (Å²) in [4.78, 5) is 7.06. The van der Waals surface area contributed by atoms with E-state index in [4.69, 9.17) is 9.47 Å². The van der Waals surface area contributed by atoms with E-state index in [-0.39, 0.29) is 4.90 Å². The number of hydrogen-bond acceptors (Lipinski definition) is 5. The van der Waals surface area contributed by atoms with Crippen molar-refractivity contribution in [1.82, 2.24) is 10.3 Å². The lowest BCUT2D eigenvalue weighted by Crippen LogP contribution is -2.41. The zero-order valence-electron chi connectivity index (χ0n) is 16.0. The van der Waals surface area contributed by atoms with Crippen molar-refractivity contribution >= 4 is 21.5 Å². The molecule has 0 amide bonds. The molecule has 7 nitrogen and oxygen atoms in total. The third kappa shape index (κ3) is 5.34. The molecule has 3 aromatic carbocycles. The van der Waals surface area contributed by atoms with Crippen LogP contribution in [0.4, 0.5) is 5.69 Å². The molecule has 0 saturated carbocycles. The van der Waals surface area contributed by atoms with E-state index in [0.717, 1.165) is 0 Å². The number of methoxy groups -OCH3 is 2. The van der Waals surface area contributed by atoms with E-state index in [9.17, 15) is 8.42 Å². The monoisotopic (exact) mass is 411 g/mol. The molecule has 0 spiro atoms. The minimum Gasteiger partial charge on any atom is -0.497 e. The Morgan fingerprint density at radius 1 is 0.793 bits per heavy atom. The van der Waals surface area contributed by atoms with Crippen LogP contribution in [0.3, 0.4) is 0 Å². The van der Waals surface area contributed by atoms with Crippen molar-refractivity contribution in [3.8, 4) is 11.5 Å². The minimum absolute atomic E-state index is 0.144. The first kappa shape index (κ1) is 20.4. The quantitative estimate of drug-likeness (QED) is 0.354. The van der Waals surface area contributed by atoms with E-state index < -0.39 is 10.0 Å². The predicted molar refractivity (Wildman–Crippen MR) is 112 cm³/mol. The SMILES string of the molecule is COc1ccc(N=C(NNS(=O)(=O)c2ccccc2)c2ccc(OC)cc2)cc1. The summed E-state index contributed by atoms with van der Waals surface area (Å²) >= 11 is 0. The molecule has 0 aliphatic carbocycles. The Balaban J connectivity index is 1.90. The fraction of sp³-hybridized carbons (Fsp3) is 0.0952. The van der Waals surface area contributed by atoms with Crippen LogP contribution < -0.4 is 19.7 Å². The van der Waals surface area contributed by atoms with E-state index in [1.165, 1.54) is 12.1 Å². The van der Waals surface area contributed by atoms with Gasteiger partial charge in [-0.05, 0) is 60.7 Å². The molecule has 0 atom stereocenters. The number of sulfonamides is 1. The third-order valence-corrected chi connectivity index (χ3v) is 5.30. The highest BCUT2D eigenvalue weighted by Crippen LogP contribution is 2.19. The molecule has 8 heteroatoms. The average molecular weight is 411 g/mol. The molecule has 0 unspecified atom stereocenters. The summed E-state index contributed by atoms with van der Waals surface area (Å²) in [7, 11) is -0.604. The number of rotatable bonds is 7. The molecule has 3 rings (SSSR count). The Kier molecular flexibility index (Phi) is 6.48. The molecule has 0 aromatic heterocycles. The number of hydrazine groups is 1. The summed E-state index contributed by atoms with van der Waals surface area (Å²) < 4.78 is 35.4. The highest BCUT2D eigenvalue weighted by atomic mass is 32.2. The Bertz CT molecular complexity index is 1070. The molecule has 150 valence electrons. The van der Waals surface area contributed by atoms with Crippen LogP contribution in [0.2, 0.25) is 0 Å². The number of amidine groups is 1. The Labute approximate surface area is 170 Å². The fourth-order valence-electron chi connectivity index (χ4n) is 2.47. The van der Waals surface area contributed by atoms with Crippen molar-refractivity contribution in [3.05, 3.63) is 84.4 Å². The third-order valence-electron chi connectivity index (χ3n) is 4.03. The predicted octanol–water partition coefficient (Wildman–Crippen LogP) is 3.27. The van der Waals surface area contributed by atoms with Crippen LogP contribution in [0, 0.1) is 0 Å². The molecule has 0 bridgehead atoms. The summed E-state index contributed by atoms with van der Waals surface area (Å²) in [6, 6.07) is 22.3. The maximum absolute atomic E-state index is 12.5. The van der Waals surface area contributed by atoms with Crippen LogP contribution in [0.5, 0.6) is 11.5 Å². The van der Waals surface area contributed by atoms with Gasteiger partial charge in [0.25, 0.3) is 10.0 Å². The number of nitrogens with zero attached hydrogens (tertiary/aromatic N) is 1. The molecule has 0 radical (unpaired) electrons. The van der Waals surface area contributed by atoms with Crippen LogP contribution in [0.25, 0.3) is 0 Å². The van der Waals surface area contributed by atoms with Gasteiger partial charge in [-0.2, -0.15) is 0 Å². The summed E-state index contributed by atoms with van der Waals surface area (Å²) in [5, 5.41) is 0. The molecule has 3 aromatic rings. The molecule has 29 heavy (non-hydrogen) atoms. The van der Waals surface area contributed by atoms with Crippen molar-refractivity contribution in [2.75, 3.05) is 14.2 Å². The fourth-order valence-corrected chi connectivity index (χ4v) is 3.34. The maximum Gasteiger partial charge on any atom is 0.257 e. The summed E-state index contributed by atoms with van der Waals surface area (Å²) in [6.45, 7) is 0. The van der Waals surface area contributed by atoms with Crippen LogP contribution in [0.15, 0.2) is 88.8 Å². The highest BCUT2D eigenvalue weighted by Gasteiger charge is 2.14. The Morgan fingerprint density at radius 3 is 1.90 bits per heavy atom. The first-order chi connectivity index (χ1) is 14.0. The number of hydrogen-bond donors (Lipinski definition) is 2. The van der Waals surface area contributed by atoms with Gasteiger partial charge in [-0.15, -0.1) is 4.83 Å². The van der Waals surface area contributed by atoms with Crippen LogP contribution in [0.1, 0.15) is 5.56 Å². The zero-order chi connectivity index (χ0) is 20.7. The summed E-state index contributed by atoms with van der Waals surface area (Å²) in [5.41, 5.74) is 4.04. The van der Waals surface area contributed by atoms with Gasteiger partial charge >= 0.3 is 0 Å². The number of benzene rings is 3. The van der Waals surface area contributed by atoms with Gasteiger partial charge < -0.3 is 9.47 Å². The molecule has 2 N–H and O–H groups in total. The van der Waals surface area contributed by atoms with E-state index in [1.54, 1.807) is 80.9 Å². The van der Waals surface area contributed by atoms with Crippen molar-refractivity contribution in [2.24, 2.45) is 4.99 Å². The second-order valence-corrected chi connectivity index (χ2v) is 7.61. The second kappa shape index (κ2) is 9.22. The van der Waals surface area contributed by atoms with Crippen molar-refractivity contribution in [1.29, 1.82) is 0 Å². The zero-order valence-corrected chi connectivity index (χ0v) is 16.8. The number of aliphatic imine (C=N–C) groups is 1. The van der Waals surface area contributed by atoms with E-state index in [0.29, 0.717) is 28.6 Å². The number of ether oxygens (including phenoxy) is 2. The van der Waals surface area contributed by atoms with Crippen LogP contribution in [-0.4, -0.2) is 28.5 Å². The lowest BCUT2D eigenvalue weighted by Gasteiger charge is -2.13. The topological polar surface area (TPSA) is 89.0 Å². The van der Waals surface area contributed by atoms with Gasteiger partial charge in [-0.1, -0.05) is 18.2 Å². The van der Waals surface area contributed by atoms with Gasteiger partial charge in [0.2, 0.25) is 0 Å². The van der Waals surface area contributed by atoms with Gasteiger partial charge in [0.05, 0.1) is 24.8 Å². The average Bonchev–Trinajstić information content (AvgIpc) is 2.78. The van der Waals surface area contributed by atoms with Gasteiger partial charge in [0.1, 0.15) is 17.3 Å². The minimum atomic E-state index is -3.77. The van der Waals surface area contributed by atoms with Crippen LogP contribution >= 0.6 is 0 Å². The van der Waals surface area contributed by atoms with Gasteiger partial charge in [-0.25, -0.2) is 13.4 Å². The largest absolute Gasteiger partial charge is 0.497 e. The van der Waals surface area contributed by atoms with Crippen molar-refractivity contribution in [2.45, 2.75) is 4.90 Å². The van der Waals surface area contributed by atoms with Gasteiger partial charge in [-0.3, -0.25) is 5.43 Å². The van der Waals surface area contributed by atoms with E-state index in [1.807, 2.05) is 0 Å². The first-order valence-electron chi connectivity index (χ1n) is 8.72. The smallest absolute Gasteiger partial charge is 0.257 e. The van der Waals surface area contributed by atoms with Gasteiger partial charge in [0.15, 0.2) is 0 Å². The second-order valence-electron chi connectivity index (χ2n) is 5.93. The Morgan fingerprint density at radius 2 is 1.34 bits per heavy atom. The van der Waals surface area contributed by atoms with E-state index >= 15 is 0 Å². The number of nitrogens with one attached hydrogen (secondary N) is 2. The molecule has 0 heterocycles. The normalized spacial score (nSPS) is 11.7. The maximum atomic E-state index is 12.5. The van der Waals surface area contributed by atoms with Crippen molar-refractivity contribution in [3.63, 3.8) is 0 Å². The lowest BCUT2D eigenvalue weighted by atomic mass is 10.2. The molecular weight excluding hydrogens is 390 g/mol. The molecule has 0 saturated heterocycles. The van der Waals surface area contributed by atoms with Crippen molar-refractivity contribution < 1.29 is 17.9 Å². The Hall–Kier alpha value is -3.36. The molecule has 0 aliphatic rings. The standard InChI is InChI=1S/C21H21N3O4S/c1-27-18-12-8-16(9-13-18)21(22-17-10-14-19(28-2)15-11-17)23-24-29(25,26)20-6-4-3-5-7-20/h3-15,24H,1-2H3,(H,22,23). The van der Waals surface area contributed by atoms with E-state index in [2.05, 4.69) is 15.2 Å².